The van der Waals surface area contributed by atoms with Crippen molar-refractivity contribution in [3.8, 4) is 5.75 Å². The summed E-state index contributed by atoms with van der Waals surface area (Å²) in [4.78, 5) is 0. The van der Waals surface area contributed by atoms with Gasteiger partial charge in [-0.2, -0.15) is 0 Å². The van der Waals surface area contributed by atoms with Gasteiger partial charge in [0.25, 0.3) is 0 Å². The first kappa shape index (κ1) is 13.0. The molecule has 0 aliphatic rings. The fraction of sp³-hybridized carbons (Fsp3) is 0.571. The second-order valence-corrected chi connectivity index (χ2v) is 4.43. The summed E-state index contributed by atoms with van der Waals surface area (Å²) in [5.74, 6) is 0.807. The van der Waals surface area contributed by atoms with Gasteiger partial charge in [0.05, 0.1) is 12.2 Å². The highest BCUT2D eigenvalue weighted by atomic mass is 16.5. The smallest absolute Gasteiger partial charge is 0.125 e. The maximum absolute atomic E-state index is 9.69. The zero-order valence-electron chi connectivity index (χ0n) is 10.7. The number of rotatable bonds is 5. The SMILES string of the molecule is CCCC(C)Oc1ccc(C)cc1[C@H](C)O. The lowest BCUT2D eigenvalue weighted by Gasteiger charge is -2.18. The van der Waals surface area contributed by atoms with E-state index in [0.717, 1.165) is 29.7 Å². The van der Waals surface area contributed by atoms with E-state index in [1.165, 1.54) is 0 Å². The molecular formula is C14H22O2. The van der Waals surface area contributed by atoms with Gasteiger partial charge in [-0.05, 0) is 39.3 Å². The van der Waals surface area contributed by atoms with Gasteiger partial charge in [0.2, 0.25) is 0 Å². The van der Waals surface area contributed by atoms with Crippen LogP contribution in [0.3, 0.4) is 0 Å². The molecule has 0 saturated heterocycles. The maximum atomic E-state index is 9.69. The van der Waals surface area contributed by atoms with Gasteiger partial charge in [0, 0.05) is 5.56 Å². The Bertz CT molecular complexity index is 332. The van der Waals surface area contributed by atoms with Crippen molar-refractivity contribution in [1.82, 2.24) is 0 Å². The van der Waals surface area contributed by atoms with Crippen molar-refractivity contribution in [2.75, 3.05) is 0 Å². The minimum atomic E-state index is -0.483. The molecular weight excluding hydrogens is 200 g/mol. The summed E-state index contributed by atoms with van der Waals surface area (Å²) in [5.41, 5.74) is 2.02. The predicted octanol–water partition coefficient (Wildman–Crippen LogP) is 3.62. The van der Waals surface area contributed by atoms with Crippen molar-refractivity contribution >= 4 is 0 Å². The van der Waals surface area contributed by atoms with Crippen LogP contribution in [0.25, 0.3) is 0 Å². The van der Waals surface area contributed by atoms with E-state index < -0.39 is 6.10 Å². The summed E-state index contributed by atoms with van der Waals surface area (Å²) in [7, 11) is 0. The van der Waals surface area contributed by atoms with E-state index in [4.69, 9.17) is 4.74 Å². The molecule has 0 bridgehead atoms. The second kappa shape index (κ2) is 5.90. The van der Waals surface area contributed by atoms with E-state index in [-0.39, 0.29) is 6.10 Å². The zero-order valence-corrected chi connectivity index (χ0v) is 10.7. The molecule has 0 radical (unpaired) electrons. The molecule has 1 rings (SSSR count). The first-order chi connectivity index (χ1) is 7.54. The van der Waals surface area contributed by atoms with Crippen LogP contribution in [0.5, 0.6) is 5.75 Å². The highest BCUT2D eigenvalue weighted by Gasteiger charge is 2.11. The molecule has 1 N–H and O–H groups in total. The second-order valence-electron chi connectivity index (χ2n) is 4.43. The van der Waals surface area contributed by atoms with Crippen molar-refractivity contribution in [2.24, 2.45) is 0 Å². The molecule has 16 heavy (non-hydrogen) atoms. The topological polar surface area (TPSA) is 29.5 Å². The standard InChI is InChI=1S/C14H22O2/c1-5-6-11(3)16-14-8-7-10(2)9-13(14)12(4)15/h7-9,11-12,15H,5-6H2,1-4H3/t11?,12-/m0/s1. The molecule has 0 fully saturated rings. The van der Waals surface area contributed by atoms with E-state index >= 15 is 0 Å². The molecule has 0 heterocycles. The van der Waals surface area contributed by atoms with Gasteiger partial charge in [-0.3, -0.25) is 0 Å². The molecule has 90 valence electrons. The van der Waals surface area contributed by atoms with E-state index in [1.807, 2.05) is 25.1 Å². The van der Waals surface area contributed by atoms with Crippen LogP contribution in [0.4, 0.5) is 0 Å². The van der Waals surface area contributed by atoms with Gasteiger partial charge in [0.1, 0.15) is 5.75 Å². The molecule has 0 saturated carbocycles. The van der Waals surface area contributed by atoms with Crippen LogP contribution in [-0.4, -0.2) is 11.2 Å². The Labute approximate surface area is 98.3 Å². The molecule has 0 amide bonds. The van der Waals surface area contributed by atoms with Crippen molar-refractivity contribution in [3.05, 3.63) is 29.3 Å². The minimum absolute atomic E-state index is 0.199. The van der Waals surface area contributed by atoms with Crippen molar-refractivity contribution < 1.29 is 9.84 Å². The van der Waals surface area contributed by atoms with Gasteiger partial charge in [-0.25, -0.2) is 0 Å². The number of ether oxygens (including phenoxy) is 1. The van der Waals surface area contributed by atoms with Crippen molar-refractivity contribution in [1.29, 1.82) is 0 Å². The minimum Gasteiger partial charge on any atom is -0.490 e. The van der Waals surface area contributed by atoms with Gasteiger partial charge in [0.15, 0.2) is 0 Å². The van der Waals surface area contributed by atoms with Crippen LogP contribution in [0.15, 0.2) is 18.2 Å². The fourth-order valence-corrected chi connectivity index (χ4v) is 1.78. The van der Waals surface area contributed by atoms with Crippen molar-refractivity contribution in [3.63, 3.8) is 0 Å². The summed E-state index contributed by atoms with van der Waals surface area (Å²) >= 11 is 0. The van der Waals surface area contributed by atoms with E-state index in [2.05, 4.69) is 13.8 Å². The largest absolute Gasteiger partial charge is 0.490 e. The third-order valence-corrected chi connectivity index (χ3v) is 2.64. The van der Waals surface area contributed by atoms with Gasteiger partial charge in [-0.15, -0.1) is 0 Å². The molecule has 2 nitrogen and oxygen atoms in total. The molecule has 1 unspecified atom stereocenters. The molecule has 0 aliphatic carbocycles. The number of aliphatic hydroxyl groups excluding tert-OH is 1. The Morgan fingerprint density at radius 1 is 1.31 bits per heavy atom. The Hall–Kier alpha value is -1.02. The highest BCUT2D eigenvalue weighted by Crippen LogP contribution is 2.27. The first-order valence-corrected chi connectivity index (χ1v) is 5.99. The fourth-order valence-electron chi connectivity index (χ4n) is 1.78. The van der Waals surface area contributed by atoms with Gasteiger partial charge >= 0.3 is 0 Å². The molecule has 0 spiro atoms. The van der Waals surface area contributed by atoms with Crippen LogP contribution in [-0.2, 0) is 0 Å². The number of hydrogen-bond acceptors (Lipinski definition) is 2. The number of aliphatic hydroxyl groups is 1. The normalized spacial score (nSPS) is 14.6. The maximum Gasteiger partial charge on any atom is 0.125 e. The summed E-state index contributed by atoms with van der Waals surface area (Å²) < 4.78 is 5.84. The molecule has 0 aliphatic heterocycles. The molecule has 1 aromatic rings. The molecule has 0 aromatic heterocycles. The van der Waals surface area contributed by atoms with Gasteiger partial charge < -0.3 is 9.84 Å². The molecule has 2 heteroatoms. The summed E-state index contributed by atoms with van der Waals surface area (Å²) in [6.45, 7) is 8.00. The molecule has 1 aromatic carbocycles. The lowest BCUT2D eigenvalue weighted by atomic mass is 10.1. The summed E-state index contributed by atoms with van der Waals surface area (Å²) in [5, 5.41) is 9.69. The molecule has 2 atom stereocenters. The van der Waals surface area contributed by atoms with Crippen LogP contribution < -0.4 is 4.74 Å². The summed E-state index contributed by atoms with van der Waals surface area (Å²) in [6.07, 6.45) is 1.86. The van der Waals surface area contributed by atoms with E-state index in [1.54, 1.807) is 6.92 Å². The zero-order chi connectivity index (χ0) is 12.1. The Morgan fingerprint density at radius 2 is 2.00 bits per heavy atom. The van der Waals surface area contributed by atoms with Crippen LogP contribution in [0.2, 0.25) is 0 Å². The van der Waals surface area contributed by atoms with E-state index in [9.17, 15) is 5.11 Å². The average Bonchev–Trinajstić information content (AvgIpc) is 2.20. The quantitative estimate of drug-likeness (QED) is 0.824. The lowest BCUT2D eigenvalue weighted by molar-refractivity contribution is 0.174. The number of benzene rings is 1. The third kappa shape index (κ3) is 3.53. The Morgan fingerprint density at radius 3 is 2.56 bits per heavy atom. The highest BCUT2D eigenvalue weighted by molar-refractivity contribution is 5.38. The lowest BCUT2D eigenvalue weighted by Crippen LogP contribution is -2.13. The predicted molar refractivity (Wildman–Crippen MR) is 66.8 cm³/mol. The Balaban J connectivity index is 2.86. The van der Waals surface area contributed by atoms with Crippen LogP contribution >= 0.6 is 0 Å². The van der Waals surface area contributed by atoms with Crippen LogP contribution in [0.1, 0.15) is 50.8 Å². The first-order valence-electron chi connectivity index (χ1n) is 5.99. The van der Waals surface area contributed by atoms with E-state index in [0.29, 0.717) is 0 Å². The van der Waals surface area contributed by atoms with Crippen molar-refractivity contribution in [2.45, 2.75) is 52.7 Å². The number of hydrogen-bond donors (Lipinski definition) is 1. The summed E-state index contributed by atoms with van der Waals surface area (Å²) in [6, 6.07) is 5.95. The third-order valence-electron chi connectivity index (χ3n) is 2.64. The number of aryl methyl sites for hydroxylation is 1. The average molecular weight is 222 g/mol. The monoisotopic (exact) mass is 222 g/mol. The Kier molecular flexibility index (Phi) is 4.81. The van der Waals surface area contributed by atoms with Gasteiger partial charge in [-0.1, -0.05) is 25.0 Å². The van der Waals surface area contributed by atoms with Crippen LogP contribution in [0, 0.1) is 6.92 Å².